The lowest BCUT2D eigenvalue weighted by atomic mass is 10.2. The Morgan fingerprint density at radius 2 is 2.25 bits per heavy atom. The fraction of sp³-hybridized carbons (Fsp3) is 0.462. The molecule has 1 aromatic carbocycles. The van der Waals surface area contributed by atoms with Crippen molar-refractivity contribution in [3.63, 3.8) is 0 Å². The summed E-state index contributed by atoms with van der Waals surface area (Å²) in [6, 6.07) is 6.42. The van der Waals surface area contributed by atoms with Crippen molar-refractivity contribution in [2.75, 3.05) is 12.3 Å². The van der Waals surface area contributed by atoms with Crippen LogP contribution in [-0.2, 0) is 10.0 Å². The smallest absolute Gasteiger partial charge is 0.240 e. The van der Waals surface area contributed by atoms with E-state index in [4.69, 9.17) is 18.0 Å². The molecule has 4 nitrogen and oxygen atoms in total. The Hall–Kier alpha value is -0.630. The van der Waals surface area contributed by atoms with Crippen LogP contribution in [0.5, 0.6) is 0 Å². The fourth-order valence-electron chi connectivity index (χ4n) is 2.07. The molecule has 3 N–H and O–H groups in total. The first kappa shape index (κ1) is 15.8. The van der Waals surface area contributed by atoms with Gasteiger partial charge in [-0.1, -0.05) is 30.8 Å². The van der Waals surface area contributed by atoms with E-state index in [1.165, 1.54) is 18.9 Å². The van der Waals surface area contributed by atoms with E-state index in [1.807, 2.05) is 11.8 Å². The quantitative estimate of drug-likeness (QED) is 0.807. The van der Waals surface area contributed by atoms with Crippen LogP contribution < -0.4 is 10.5 Å². The molecular weight excluding hydrogens is 312 g/mol. The van der Waals surface area contributed by atoms with Crippen molar-refractivity contribution in [1.29, 1.82) is 0 Å². The van der Waals surface area contributed by atoms with E-state index < -0.39 is 10.0 Å². The van der Waals surface area contributed by atoms with E-state index in [1.54, 1.807) is 18.2 Å². The first-order chi connectivity index (χ1) is 9.49. The molecule has 1 aliphatic rings. The number of sulfonamides is 1. The Morgan fingerprint density at radius 1 is 1.45 bits per heavy atom. The Bertz CT molecular complexity index is 581. The topological polar surface area (TPSA) is 72.2 Å². The second kappa shape index (κ2) is 6.89. The lowest BCUT2D eigenvalue weighted by Gasteiger charge is -2.21. The summed E-state index contributed by atoms with van der Waals surface area (Å²) in [5.74, 6) is 1.11. The zero-order chi connectivity index (χ0) is 14.6. The molecule has 1 atom stereocenters. The standard InChI is InChI=1S/C13H18N2O2S3/c14-13(18)10-4-3-6-12(8-10)20(16,17)15-9-11-5-1-2-7-19-11/h3-4,6,8,11,15H,1-2,5,7,9H2,(H2,14,18). The van der Waals surface area contributed by atoms with E-state index in [2.05, 4.69) is 4.72 Å². The van der Waals surface area contributed by atoms with Crippen LogP contribution in [0.15, 0.2) is 29.2 Å². The molecule has 0 aliphatic carbocycles. The second-order valence-corrected chi connectivity index (χ2v) is 8.35. The van der Waals surface area contributed by atoms with E-state index in [0.29, 0.717) is 17.4 Å². The summed E-state index contributed by atoms with van der Waals surface area (Å²) in [4.78, 5) is 0.411. The number of hydrogen-bond donors (Lipinski definition) is 2. The van der Waals surface area contributed by atoms with Gasteiger partial charge in [-0.2, -0.15) is 11.8 Å². The molecule has 0 saturated carbocycles. The van der Waals surface area contributed by atoms with Crippen molar-refractivity contribution >= 4 is 39.0 Å². The third-order valence-electron chi connectivity index (χ3n) is 3.20. The van der Waals surface area contributed by atoms with Crippen LogP contribution in [0.4, 0.5) is 0 Å². The summed E-state index contributed by atoms with van der Waals surface area (Å²) in [6.45, 7) is 0.476. The molecule has 20 heavy (non-hydrogen) atoms. The molecule has 7 heteroatoms. The van der Waals surface area contributed by atoms with Gasteiger partial charge >= 0.3 is 0 Å². The highest BCUT2D eigenvalue weighted by Crippen LogP contribution is 2.24. The predicted octanol–water partition coefficient (Wildman–Crippen LogP) is 1.88. The van der Waals surface area contributed by atoms with Gasteiger partial charge in [0.15, 0.2) is 0 Å². The fourth-order valence-corrected chi connectivity index (χ4v) is 4.67. The van der Waals surface area contributed by atoms with Gasteiger partial charge < -0.3 is 5.73 Å². The SMILES string of the molecule is NC(=S)c1cccc(S(=O)(=O)NCC2CCCCS2)c1. The molecule has 110 valence electrons. The molecule has 0 spiro atoms. The Balaban J connectivity index is 2.05. The lowest BCUT2D eigenvalue weighted by Crippen LogP contribution is -2.32. The number of hydrogen-bond acceptors (Lipinski definition) is 4. The van der Waals surface area contributed by atoms with Gasteiger partial charge in [0.25, 0.3) is 0 Å². The third-order valence-corrected chi connectivity index (χ3v) is 6.26. The van der Waals surface area contributed by atoms with Crippen LogP contribution in [0.25, 0.3) is 0 Å². The summed E-state index contributed by atoms with van der Waals surface area (Å²) in [6.07, 6.45) is 3.47. The summed E-state index contributed by atoms with van der Waals surface area (Å²) in [5, 5.41) is 0.372. The van der Waals surface area contributed by atoms with E-state index >= 15 is 0 Å². The molecule has 0 radical (unpaired) electrons. The van der Waals surface area contributed by atoms with Gasteiger partial charge in [-0.05, 0) is 30.7 Å². The van der Waals surface area contributed by atoms with E-state index in [0.717, 1.165) is 12.2 Å². The molecule has 1 unspecified atom stereocenters. The zero-order valence-electron chi connectivity index (χ0n) is 11.0. The van der Waals surface area contributed by atoms with Gasteiger partial charge in [-0.15, -0.1) is 0 Å². The molecular formula is C13H18N2O2S3. The predicted molar refractivity (Wildman–Crippen MR) is 87.6 cm³/mol. The lowest BCUT2D eigenvalue weighted by molar-refractivity contribution is 0.574. The molecule has 1 fully saturated rings. The molecule has 1 aliphatic heterocycles. The highest BCUT2D eigenvalue weighted by atomic mass is 32.2. The van der Waals surface area contributed by atoms with Crippen LogP contribution in [0, 0.1) is 0 Å². The van der Waals surface area contributed by atoms with Crippen LogP contribution in [-0.4, -0.2) is 31.0 Å². The summed E-state index contributed by atoms with van der Waals surface area (Å²) in [7, 11) is -3.49. The van der Waals surface area contributed by atoms with Gasteiger partial charge in [0.2, 0.25) is 10.0 Å². The molecule has 1 aromatic rings. The monoisotopic (exact) mass is 330 g/mol. The number of nitrogens with one attached hydrogen (secondary N) is 1. The first-order valence-corrected chi connectivity index (χ1v) is 9.44. The minimum Gasteiger partial charge on any atom is -0.389 e. The molecule has 0 aromatic heterocycles. The maximum Gasteiger partial charge on any atom is 0.240 e. The number of thiocarbonyl (C=S) groups is 1. The molecule has 0 bridgehead atoms. The normalized spacial score (nSPS) is 19.7. The first-order valence-electron chi connectivity index (χ1n) is 6.50. The minimum absolute atomic E-state index is 0.199. The van der Waals surface area contributed by atoms with Gasteiger partial charge in [-0.3, -0.25) is 0 Å². The Morgan fingerprint density at radius 3 is 2.90 bits per heavy atom. The summed E-state index contributed by atoms with van der Waals surface area (Å²) >= 11 is 6.71. The van der Waals surface area contributed by atoms with Crippen molar-refractivity contribution in [1.82, 2.24) is 4.72 Å². The Kier molecular flexibility index (Phi) is 5.42. The molecule has 1 saturated heterocycles. The summed E-state index contributed by atoms with van der Waals surface area (Å²) in [5.41, 5.74) is 6.09. The highest BCUT2D eigenvalue weighted by molar-refractivity contribution is 8.00. The number of benzene rings is 1. The van der Waals surface area contributed by atoms with Crippen molar-refractivity contribution in [2.45, 2.75) is 29.4 Å². The van der Waals surface area contributed by atoms with E-state index in [-0.39, 0.29) is 9.88 Å². The average molecular weight is 331 g/mol. The van der Waals surface area contributed by atoms with Gasteiger partial charge in [0.05, 0.1) is 4.90 Å². The second-order valence-electron chi connectivity index (χ2n) is 4.73. The maximum absolute atomic E-state index is 12.2. The van der Waals surface area contributed by atoms with Crippen molar-refractivity contribution < 1.29 is 8.42 Å². The van der Waals surface area contributed by atoms with Gasteiger partial charge in [0.1, 0.15) is 4.99 Å². The average Bonchev–Trinajstić information content (AvgIpc) is 2.46. The van der Waals surface area contributed by atoms with E-state index in [9.17, 15) is 8.42 Å². The minimum atomic E-state index is -3.49. The van der Waals surface area contributed by atoms with Gasteiger partial charge in [-0.25, -0.2) is 13.1 Å². The van der Waals surface area contributed by atoms with Crippen LogP contribution in [0.3, 0.4) is 0 Å². The number of rotatable bonds is 5. The maximum atomic E-state index is 12.2. The molecule has 1 heterocycles. The molecule has 0 amide bonds. The number of thioether (sulfide) groups is 1. The zero-order valence-corrected chi connectivity index (χ0v) is 13.5. The van der Waals surface area contributed by atoms with Crippen LogP contribution >= 0.6 is 24.0 Å². The van der Waals surface area contributed by atoms with Crippen LogP contribution in [0.2, 0.25) is 0 Å². The molecule has 2 rings (SSSR count). The Labute approximate surface area is 129 Å². The van der Waals surface area contributed by atoms with Crippen molar-refractivity contribution in [3.05, 3.63) is 29.8 Å². The third kappa shape index (κ3) is 4.18. The highest BCUT2D eigenvalue weighted by Gasteiger charge is 2.19. The van der Waals surface area contributed by atoms with Crippen LogP contribution in [0.1, 0.15) is 24.8 Å². The largest absolute Gasteiger partial charge is 0.389 e. The van der Waals surface area contributed by atoms with Crippen molar-refractivity contribution in [2.24, 2.45) is 5.73 Å². The summed E-state index contributed by atoms with van der Waals surface area (Å²) < 4.78 is 27.2. The number of nitrogens with two attached hydrogens (primary N) is 1. The van der Waals surface area contributed by atoms with Crippen molar-refractivity contribution in [3.8, 4) is 0 Å². The van der Waals surface area contributed by atoms with Gasteiger partial charge in [0, 0.05) is 17.4 Å².